The summed E-state index contributed by atoms with van der Waals surface area (Å²) >= 11 is 15.7. The van der Waals surface area contributed by atoms with Crippen LogP contribution in [0.3, 0.4) is 0 Å². The zero-order chi connectivity index (χ0) is 16.6. The zero-order valence-electron chi connectivity index (χ0n) is 12.3. The number of carbonyl (C=O) groups is 1. The molecule has 3 rings (SSSR count). The second-order valence-electron chi connectivity index (χ2n) is 5.27. The van der Waals surface area contributed by atoms with E-state index in [9.17, 15) is 4.79 Å². The lowest BCUT2D eigenvalue weighted by Gasteiger charge is -2.20. The van der Waals surface area contributed by atoms with Gasteiger partial charge >= 0.3 is 5.69 Å². The molecular formula is C16H14ClO3PS2. The molecule has 0 spiro atoms. The summed E-state index contributed by atoms with van der Waals surface area (Å²) in [6.45, 7) is 1.92. The molecule has 0 saturated heterocycles. The highest BCUT2D eigenvalue weighted by Gasteiger charge is 2.27. The molecule has 0 radical (unpaired) electrons. The Morgan fingerprint density at radius 3 is 2.74 bits per heavy atom. The van der Waals surface area contributed by atoms with Crippen LogP contribution in [0.1, 0.15) is 27.9 Å². The van der Waals surface area contributed by atoms with Gasteiger partial charge in [-0.05, 0) is 55.0 Å². The summed E-state index contributed by atoms with van der Waals surface area (Å²) in [7, 11) is 0. The Labute approximate surface area is 150 Å². The van der Waals surface area contributed by atoms with Crippen molar-refractivity contribution in [3.8, 4) is 11.5 Å². The van der Waals surface area contributed by atoms with Crippen LogP contribution in [0.2, 0.25) is 5.02 Å². The molecule has 7 heteroatoms. The minimum atomic E-state index is -2.87. The molecule has 2 aromatic carbocycles. The zero-order valence-corrected chi connectivity index (χ0v) is 15.6. The van der Waals surface area contributed by atoms with E-state index in [2.05, 4.69) is 12.2 Å². The fourth-order valence-electron chi connectivity index (χ4n) is 2.63. The molecule has 0 heterocycles. The minimum Gasteiger partial charge on any atom is -0.428 e. The number of aryl methyl sites for hydroxylation is 1. The highest BCUT2D eigenvalue weighted by atomic mass is 35.5. The van der Waals surface area contributed by atoms with Gasteiger partial charge in [-0.1, -0.05) is 36.0 Å². The van der Waals surface area contributed by atoms with Gasteiger partial charge in [-0.2, -0.15) is 0 Å². The third-order valence-corrected chi connectivity index (χ3v) is 5.63. The number of carbonyl (C=O) groups excluding carboxylic acids is 1. The second kappa shape index (κ2) is 6.48. The summed E-state index contributed by atoms with van der Waals surface area (Å²) < 4.78 is 11.6. The second-order valence-corrected chi connectivity index (χ2v) is 10.8. The van der Waals surface area contributed by atoms with Crippen LogP contribution in [-0.4, -0.2) is 5.78 Å². The number of ketones is 1. The fourth-order valence-corrected chi connectivity index (χ4v) is 4.69. The van der Waals surface area contributed by atoms with E-state index in [0.29, 0.717) is 29.4 Å². The molecule has 1 aliphatic carbocycles. The molecule has 0 amide bonds. The molecule has 0 N–H and O–H groups in total. The van der Waals surface area contributed by atoms with E-state index < -0.39 is 5.69 Å². The van der Waals surface area contributed by atoms with Gasteiger partial charge in [0, 0.05) is 22.6 Å². The molecule has 2 aromatic rings. The molecule has 1 unspecified atom stereocenters. The maximum atomic E-state index is 12.0. The molecule has 3 nitrogen and oxygen atoms in total. The topological polar surface area (TPSA) is 35.5 Å². The summed E-state index contributed by atoms with van der Waals surface area (Å²) in [5.41, 5.74) is -0.269. The number of hydrogen-bond donors (Lipinski definition) is 1. The Morgan fingerprint density at radius 1 is 1.22 bits per heavy atom. The van der Waals surface area contributed by atoms with Crippen molar-refractivity contribution < 1.29 is 13.8 Å². The Kier molecular flexibility index (Phi) is 4.75. The van der Waals surface area contributed by atoms with Crippen molar-refractivity contribution in [2.75, 3.05) is 0 Å². The average molecular weight is 385 g/mol. The van der Waals surface area contributed by atoms with Gasteiger partial charge in [-0.3, -0.25) is 4.79 Å². The fraction of sp³-hybridized carbons (Fsp3) is 0.188. The maximum Gasteiger partial charge on any atom is 0.345 e. The molecular weight excluding hydrogens is 371 g/mol. The predicted molar refractivity (Wildman–Crippen MR) is 99.8 cm³/mol. The van der Waals surface area contributed by atoms with Crippen LogP contribution in [-0.2, 0) is 18.2 Å². The highest BCUT2D eigenvalue weighted by Crippen LogP contribution is 2.54. The number of thiol groups is 1. The lowest BCUT2D eigenvalue weighted by molar-refractivity contribution is 0.0994. The largest absolute Gasteiger partial charge is 0.428 e. The van der Waals surface area contributed by atoms with Gasteiger partial charge in [0.2, 0.25) is 0 Å². The average Bonchev–Trinajstić information content (AvgIpc) is 2.84. The van der Waals surface area contributed by atoms with Crippen molar-refractivity contribution in [1.82, 2.24) is 0 Å². The molecule has 0 aromatic heterocycles. The van der Waals surface area contributed by atoms with Crippen molar-refractivity contribution in [2.24, 2.45) is 0 Å². The van der Waals surface area contributed by atoms with Crippen LogP contribution in [0.25, 0.3) is 0 Å². The first-order valence-corrected chi connectivity index (χ1v) is 11.2. The normalized spacial score (nSPS) is 15.9. The van der Waals surface area contributed by atoms with Crippen molar-refractivity contribution in [3.05, 3.63) is 58.1 Å². The number of fused-ring (bicyclic) bond motifs is 1. The first kappa shape index (κ1) is 16.8. The van der Waals surface area contributed by atoms with Crippen LogP contribution < -0.4 is 9.05 Å². The quantitative estimate of drug-likeness (QED) is 0.566. The summed E-state index contributed by atoms with van der Waals surface area (Å²) in [6.07, 6.45) is 1.16. The van der Waals surface area contributed by atoms with Crippen molar-refractivity contribution in [1.29, 1.82) is 0 Å². The van der Waals surface area contributed by atoms with Crippen molar-refractivity contribution in [3.63, 3.8) is 0 Å². The molecule has 23 heavy (non-hydrogen) atoms. The number of benzene rings is 2. The standard InChI is InChI=1S/C16H14ClO3PS2/c1-10-5-8-15(13-6-7-14(18)16(10)13)20-21(22,23)19-12-4-2-3-11(17)9-12/h2-5,8-9H,6-7H2,1H3,(H,22,23). The van der Waals surface area contributed by atoms with Crippen LogP contribution >= 0.6 is 29.5 Å². The van der Waals surface area contributed by atoms with E-state index in [1.54, 1.807) is 24.3 Å². The molecule has 0 fully saturated rings. The summed E-state index contributed by atoms with van der Waals surface area (Å²) in [5, 5.41) is 0.549. The Bertz CT molecular complexity index is 838. The summed E-state index contributed by atoms with van der Waals surface area (Å²) in [5.74, 6) is 1.23. The molecule has 0 saturated carbocycles. The van der Waals surface area contributed by atoms with Gasteiger partial charge < -0.3 is 9.05 Å². The Balaban J connectivity index is 1.87. The smallest absolute Gasteiger partial charge is 0.345 e. The summed E-state index contributed by atoms with van der Waals surface area (Å²) in [6, 6.07) is 10.6. The maximum absolute atomic E-state index is 12.0. The number of hydrogen-bond acceptors (Lipinski definition) is 4. The Hall–Kier alpha value is -1.00. The van der Waals surface area contributed by atoms with E-state index in [0.717, 1.165) is 16.7 Å². The van der Waals surface area contributed by atoms with Crippen molar-refractivity contribution in [2.45, 2.75) is 19.8 Å². The van der Waals surface area contributed by atoms with E-state index in [-0.39, 0.29) is 5.78 Å². The van der Waals surface area contributed by atoms with Gasteiger partial charge in [-0.15, -0.1) is 0 Å². The van der Waals surface area contributed by atoms with Crippen molar-refractivity contribution >= 4 is 47.1 Å². The summed E-state index contributed by atoms with van der Waals surface area (Å²) in [4.78, 5) is 12.0. The van der Waals surface area contributed by atoms with E-state index in [1.807, 2.05) is 19.1 Å². The monoisotopic (exact) mass is 384 g/mol. The van der Waals surface area contributed by atoms with Crippen LogP contribution in [0.4, 0.5) is 0 Å². The first-order chi connectivity index (χ1) is 10.9. The van der Waals surface area contributed by atoms with Gasteiger partial charge in [0.1, 0.15) is 11.5 Å². The first-order valence-electron chi connectivity index (χ1n) is 6.99. The molecule has 0 bridgehead atoms. The van der Waals surface area contributed by atoms with E-state index in [1.165, 1.54) is 0 Å². The predicted octanol–water partition coefficient (Wildman–Crippen LogP) is 5.39. The lowest BCUT2D eigenvalue weighted by atomic mass is 10.0. The number of halogens is 1. The molecule has 120 valence electrons. The molecule has 1 aliphatic rings. The third kappa shape index (κ3) is 3.74. The van der Waals surface area contributed by atoms with E-state index in [4.69, 9.17) is 32.5 Å². The SMILES string of the molecule is Cc1ccc(OP(=S)(S)Oc2cccc(Cl)c2)c2c1C(=O)CC2. The molecule has 1 atom stereocenters. The molecule has 0 aliphatic heterocycles. The van der Waals surface area contributed by atoms with Gasteiger partial charge in [-0.25, -0.2) is 0 Å². The highest BCUT2D eigenvalue weighted by molar-refractivity contribution is 8.60. The van der Waals surface area contributed by atoms with Crippen LogP contribution in [0, 0.1) is 6.92 Å². The minimum absolute atomic E-state index is 0.145. The van der Waals surface area contributed by atoms with Gasteiger partial charge in [0.15, 0.2) is 5.78 Å². The van der Waals surface area contributed by atoms with Gasteiger partial charge in [0.25, 0.3) is 0 Å². The van der Waals surface area contributed by atoms with Crippen LogP contribution in [0.5, 0.6) is 11.5 Å². The third-order valence-electron chi connectivity index (χ3n) is 3.59. The number of rotatable bonds is 4. The van der Waals surface area contributed by atoms with Crippen LogP contribution in [0.15, 0.2) is 36.4 Å². The van der Waals surface area contributed by atoms with E-state index >= 15 is 0 Å². The number of Topliss-reactive ketones (excluding diaryl/α,β-unsaturated/α-hetero) is 1. The lowest BCUT2D eigenvalue weighted by Crippen LogP contribution is -2.00. The Morgan fingerprint density at radius 2 is 2.00 bits per heavy atom. The van der Waals surface area contributed by atoms with Gasteiger partial charge in [0.05, 0.1) is 0 Å².